The number of hydrogen-bond acceptors (Lipinski definition) is 4. The van der Waals surface area contributed by atoms with E-state index in [2.05, 4.69) is 4.90 Å². The van der Waals surface area contributed by atoms with E-state index in [4.69, 9.17) is 11.6 Å². The minimum atomic E-state index is -0.477. The second-order valence-corrected chi connectivity index (χ2v) is 6.46. The number of nitro groups is 1. The van der Waals surface area contributed by atoms with Crippen LogP contribution >= 0.6 is 11.6 Å². The summed E-state index contributed by atoms with van der Waals surface area (Å²) in [5.74, 6) is -0.688. The largest absolute Gasteiger partial charge is 0.368 e. The summed E-state index contributed by atoms with van der Waals surface area (Å²) < 4.78 is 13.8. The van der Waals surface area contributed by atoms with Gasteiger partial charge in [-0.05, 0) is 30.3 Å². The molecule has 0 aromatic heterocycles. The zero-order valence-electron chi connectivity index (χ0n) is 14.3. The van der Waals surface area contributed by atoms with E-state index in [1.165, 1.54) is 36.4 Å². The Morgan fingerprint density at radius 1 is 1.11 bits per heavy atom. The molecule has 0 bridgehead atoms. The number of amides is 1. The topological polar surface area (TPSA) is 66.7 Å². The lowest BCUT2D eigenvalue weighted by Crippen LogP contribution is -2.48. The van der Waals surface area contributed by atoms with Crippen molar-refractivity contribution < 1.29 is 14.1 Å². The van der Waals surface area contributed by atoms with Crippen molar-refractivity contribution in [2.45, 2.75) is 0 Å². The molecule has 1 saturated heterocycles. The van der Waals surface area contributed by atoms with Gasteiger partial charge >= 0.3 is 0 Å². The number of carbonyl (C=O) groups is 1. The molecule has 8 heteroatoms. The number of anilines is 1. The van der Waals surface area contributed by atoms with Crippen molar-refractivity contribution in [3.05, 3.63) is 75.1 Å². The minimum absolute atomic E-state index is 0.0458. The number of carbonyl (C=O) groups excluding carboxylic acids is 1. The normalized spacial score (nSPS) is 14.6. The van der Waals surface area contributed by atoms with Crippen LogP contribution in [0.5, 0.6) is 0 Å². The Morgan fingerprint density at radius 2 is 1.78 bits per heavy atom. The number of non-ortho nitro benzene ring substituents is 1. The van der Waals surface area contributed by atoms with Gasteiger partial charge in [0.05, 0.1) is 9.95 Å². The van der Waals surface area contributed by atoms with Gasteiger partial charge in [0.15, 0.2) is 0 Å². The van der Waals surface area contributed by atoms with E-state index in [9.17, 15) is 19.3 Å². The maximum absolute atomic E-state index is 13.8. The third-order valence-electron chi connectivity index (χ3n) is 4.41. The predicted octanol–water partition coefficient (Wildman–Crippen LogP) is 3.75. The highest BCUT2D eigenvalue weighted by atomic mass is 35.5. The second kappa shape index (κ2) is 8.18. The summed E-state index contributed by atoms with van der Waals surface area (Å²) in [4.78, 5) is 26.4. The Labute approximate surface area is 160 Å². The lowest BCUT2D eigenvalue weighted by atomic mass is 10.2. The number of hydrogen-bond donors (Lipinski definition) is 0. The van der Waals surface area contributed by atoms with Crippen LogP contribution in [0, 0.1) is 15.9 Å². The predicted molar refractivity (Wildman–Crippen MR) is 102 cm³/mol. The summed E-state index contributed by atoms with van der Waals surface area (Å²) in [5.41, 5.74) is 1.11. The molecule has 1 aliphatic rings. The van der Waals surface area contributed by atoms with Crippen LogP contribution in [0.1, 0.15) is 5.56 Å². The lowest BCUT2D eigenvalue weighted by molar-refractivity contribution is -0.384. The maximum atomic E-state index is 13.8. The van der Waals surface area contributed by atoms with Gasteiger partial charge in [-0.3, -0.25) is 14.9 Å². The number of nitrogens with zero attached hydrogens (tertiary/aromatic N) is 3. The third-order valence-corrected chi connectivity index (χ3v) is 4.74. The molecule has 0 unspecified atom stereocenters. The molecule has 0 saturated carbocycles. The SMILES string of the molecule is O=C(C=Cc1c(F)cccc1Cl)N1CCN(c2ccc([N+](=O)[O-])cc2)CC1. The van der Waals surface area contributed by atoms with Crippen LogP contribution < -0.4 is 4.90 Å². The van der Waals surface area contributed by atoms with Crippen LogP contribution in [0.4, 0.5) is 15.8 Å². The average Bonchev–Trinajstić information content (AvgIpc) is 2.67. The molecule has 2 aromatic carbocycles. The molecule has 2 aromatic rings. The van der Waals surface area contributed by atoms with E-state index in [0.717, 1.165) is 5.69 Å². The molecule has 0 radical (unpaired) electrons. The van der Waals surface area contributed by atoms with Crippen molar-refractivity contribution in [2.24, 2.45) is 0 Å². The van der Waals surface area contributed by atoms with Gasteiger partial charge in [0.25, 0.3) is 5.69 Å². The summed E-state index contributed by atoms with van der Waals surface area (Å²) in [5, 5.41) is 11.0. The van der Waals surface area contributed by atoms with Gasteiger partial charge in [-0.25, -0.2) is 4.39 Å². The molecular formula is C19H17ClFN3O3. The Balaban J connectivity index is 1.59. The van der Waals surface area contributed by atoms with Crippen molar-refractivity contribution in [2.75, 3.05) is 31.1 Å². The molecular weight excluding hydrogens is 373 g/mol. The highest BCUT2D eigenvalue weighted by Crippen LogP contribution is 2.22. The summed E-state index contributed by atoms with van der Waals surface area (Å²) >= 11 is 5.95. The molecule has 0 atom stereocenters. The average molecular weight is 390 g/mol. The van der Waals surface area contributed by atoms with Gasteiger partial charge in [0.2, 0.25) is 5.91 Å². The monoisotopic (exact) mass is 389 g/mol. The van der Waals surface area contributed by atoms with Crippen molar-refractivity contribution in [3.63, 3.8) is 0 Å². The standard InChI is InChI=1S/C19H17ClFN3O3/c20-17-2-1-3-18(21)16(17)8-9-19(25)23-12-10-22(11-13-23)14-4-6-15(7-5-14)24(26)27/h1-9H,10-13H2. The molecule has 140 valence electrons. The Bertz CT molecular complexity index is 858. The summed E-state index contributed by atoms with van der Waals surface area (Å²) in [6.07, 6.45) is 2.72. The van der Waals surface area contributed by atoms with Gasteiger partial charge in [0, 0.05) is 55.6 Å². The van der Waals surface area contributed by atoms with E-state index in [1.54, 1.807) is 23.1 Å². The number of halogens is 2. The van der Waals surface area contributed by atoms with Gasteiger partial charge in [-0.2, -0.15) is 0 Å². The minimum Gasteiger partial charge on any atom is -0.368 e. The van der Waals surface area contributed by atoms with Gasteiger partial charge in [-0.15, -0.1) is 0 Å². The molecule has 1 aliphatic heterocycles. The van der Waals surface area contributed by atoms with Crippen molar-refractivity contribution in [3.8, 4) is 0 Å². The molecule has 0 N–H and O–H groups in total. The fraction of sp³-hybridized carbons (Fsp3) is 0.211. The molecule has 0 aliphatic carbocycles. The molecule has 1 heterocycles. The first-order valence-electron chi connectivity index (χ1n) is 8.36. The van der Waals surface area contributed by atoms with E-state index < -0.39 is 10.7 Å². The smallest absolute Gasteiger partial charge is 0.269 e. The Kier molecular flexibility index (Phi) is 5.71. The van der Waals surface area contributed by atoms with Gasteiger partial charge in [-0.1, -0.05) is 17.7 Å². The van der Waals surface area contributed by atoms with E-state index in [0.29, 0.717) is 26.2 Å². The van der Waals surface area contributed by atoms with Crippen LogP contribution in [0.25, 0.3) is 6.08 Å². The first-order chi connectivity index (χ1) is 13.0. The fourth-order valence-corrected chi connectivity index (χ4v) is 3.13. The van der Waals surface area contributed by atoms with Gasteiger partial charge < -0.3 is 9.80 Å². The van der Waals surface area contributed by atoms with Crippen LogP contribution in [0.2, 0.25) is 5.02 Å². The van der Waals surface area contributed by atoms with Crippen molar-refractivity contribution in [1.29, 1.82) is 0 Å². The summed E-state index contributed by atoms with van der Waals surface area (Å²) in [7, 11) is 0. The van der Waals surface area contributed by atoms with Crippen molar-refractivity contribution in [1.82, 2.24) is 4.90 Å². The second-order valence-electron chi connectivity index (χ2n) is 6.05. The molecule has 1 fully saturated rings. The molecule has 27 heavy (non-hydrogen) atoms. The Hall–Kier alpha value is -2.93. The lowest BCUT2D eigenvalue weighted by Gasteiger charge is -2.35. The highest BCUT2D eigenvalue weighted by Gasteiger charge is 2.20. The number of nitro benzene ring substituents is 1. The van der Waals surface area contributed by atoms with Crippen LogP contribution in [0.15, 0.2) is 48.5 Å². The van der Waals surface area contributed by atoms with Crippen LogP contribution in [0.3, 0.4) is 0 Å². The quantitative estimate of drug-likeness (QED) is 0.454. The highest BCUT2D eigenvalue weighted by molar-refractivity contribution is 6.32. The van der Waals surface area contributed by atoms with E-state index >= 15 is 0 Å². The van der Waals surface area contributed by atoms with Crippen LogP contribution in [-0.4, -0.2) is 41.9 Å². The number of benzene rings is 2. The third kappa shape index (κ3) is 4.43. The Morgan fingerprint density at radius 3 is 2.37 bits per heavy atom. The first kappa shape index (κ1) is 18.8. The molecule has 3 rings (SSSR count). The number of piperazine rings is 1. The molecule has 1 amide bonds. The fourth-order valence-electron chi connectivity index (χ4n) is 2.90. The zero-order valence-corrected chi connectivity index (χ0v) is 15.1. The van der Waals surface area contributed by atoms with E-state index in [-0.39, 0.29) is 22.2 Å². The van der Waals surface area contributed by atoms with Gasteiger partial charge in [0.1, 0.15) is 5.82 Å². The molecule has 0 spiro atoms. The first-order valence-corrected chi connectivity index (χ1v) is 8.74. The van der Waals surface area contributed by atoms with E-state index in [1.807, 2.05) is 0 Å². The maximum Gasteiger partial charge on any atom is 0.269 e. The summed E-state index contributed by atoms with van der Waals surface area (Å²) in [6, 6.07) is 10.7. The summed E-state index contributed by atoms with van der Waals surface area (Å²) in [6.45, 7) is 2.23. The number of rotatable bonds is 4. The molecule has 6 nitrogen and oxygen atoms in total. The zero-order chi connectivity index (χ0) is 19.4. The van der Waals surface area contributed by atoms with Crippen LogP contribution in [-0.2, 0) is 4.79 Å². The van der Waals surface area contributed by atoms with Crippen molar-refractivity contribution >= 4 is 35.0 Å².